The lowest BCUT2D eigenvalue weighted by Gasteiger charge is -2.10. The van der Waals surface area contributed by atoms with Gasteiger partial charge in [-0.15, -0.1) is 0 Å². The molecule has 0 saturated carbocycles. The van der Waals surface area contributed by atoms with Crippen LogP contribution in [-0.2, 0) is 7.05 Å². The van der Waals surface area contributed by atoms with E-state index in [4.69, 9.17) is 0 Å². The zero-order chi connectivity index (χ0) is 11.7. The van der Waals surface area contributed by atoms with Crippen LogP contribution in [0.1, 0.15) is 23.1 Å². The number of rotatable bonds is 2. The summed E-state index contributed by atoms with van der Waals surface area (Å²) in [5.74, 6) is -0.308. The number of halogens is 1. The van der Waals surface area contributed by atoms with Crippen LogP contribution in [0.4, 0.5) is 4.39 Å². The third kappa shape index (κ3) is 1.97. The lowest BCUT2D eigenvalue weighted by Crippen LogP contribution is -2.06. The van der Waals surface area contributed by atoms with E-state index in [0.717, 1.165) is 5.69 Å². The normalized spacial score (nSPS) is 12.8. The van der Waals surface area contributed by atoms with E-state index in [-0.39, 0.29) is 5.82 Å². The number of aryl methyl sites for hydroxylation is 2. The fourth-order valence-corrected chi connectivity index (χ4v) is 1.70. The van der Waals surface area contributed by atoms with Gasteiger partial charge in [-0.05, 0) is 30.7 Å². The maximum atomic E-state index is 12.7. The van der Waals surface area contributed by atoms with Crippen LogP contribution >= 0.6 is 0 Å². The Morgan fingerprint density at radius 1 is 1.31 bits per heavy atom. The molecule has 0 radical (unpaired) electrons. The van der Waals surface area contributed by atoms with Crippen molar-refractivity contribution in [2.75, 3.05) is 0 Å². The van der Waals surface area contributed by atoms with Crippen LogP contribution in [0, 0.1) is 12.7 Å². The Morgan fingerprint density at radius 2 is 1.94 bits per heavy atom. The Bertz CT molecular complexity index is 490. The van der Waals surface area contributed by atoms with Gasteiger partial charge in [-0.1, -0.05) is 12.1 Å². The van der Waals surface area contributed by atoms with Gasteiger partial charge < -0.3 is 5.11 Å². The summed E-state index contributed by atoms with van der Waals surface area (Å²) in [5, 5.41) is 14.3. The zero-order valence-electron chi connectivity index (χ0n) is 9.18. The van der Waals surface area contributed by atoms with Crippen LogP contribution in [0.15, 0.2) is 30.3 Å². The summed E-state index contributed by atoms with van der Waals surface area (Å²) in [6.45, 7) is 1.86. The molecule has 1 heterocycles. The van der Waals surface area contributed by atoms with E-state index < -0.39 is 6.10 Å². The summed E-state index contributed by atoms with van der Waals surface area (Å²) in [6, 6.07) is 7.63. The van der Waals surface area contributed by atoms with E-state index in [0.29, 0.717) is 11.3 Å². The van der Waals surface area contributed by atoms with Crippen molar-refractivity contribution < 1.29 is 9.50 Å². The van der Waals surface area contributed by atoms with E-state index in [1.54, 1.807) is 23.9 Å². The third-order valence-electron chi connectivity index (χ3n) is 2.50. The number of nitrogens with zero attached hydrogens (tertiary/aromatic N) is 2. The van der Waals surface area contributed by atoms with Gasteiger partial charge in [0, 0.05) is 7.05 Å². The second-order valence-corrected chi connectivity index (χ2v) is 3.79. The summed E-state index contributed by atoms with van der Waals surface area (Å²) in [7, 11) is 1.77. The number of benzene rings is 1. The smallest absolute Gasteiger partial charge is 0.123 e. The van der Waals surface area contributed by atoms with Gasteiger partial charge in [-0.25, -0.2) is 4.39 Å². The molecule has 2 aromatic rings. The molecule has 3 nitrogen and oxygen atoms in total. The molecule has 0 amide bonds. The maximum absolute atomic E-state index is 12.7. The van der Waals surface area contributed by atoms with Crippen LogP contribution in [0.25, 0.3) is 0 Å². The quantitative estimate of drug-likeness (QED) is 0.840. The van der Waals surface area contributed by atoms with Gasteiger partial charge in [0.2, 0.25) is 0 Å². The molecule has 0 aliphatic rings. The Kier molecular flexibility index (Phi) is 2.75. The van der Waals surface area contributed by atoms with Crippen molar-refractivity contribution in [3.05, 3.63) is 53.1 Å². The van der Waals surface area contributed by atoms with Crippen molar-refractivity contribution in [3.8, 4) is 0 Å². The van der Waals surface area contributed by atoms with E-state index in [1.165, 1.54) is 12.1 Å². The molecule has 84 valence electrons. The molecule has 0 bridgehead atoms. The van der Waals surface area contributed by atoms with Gasteiger partial charge >= 0.3 is 0 Å². The predicted molar refractivity (Wildman–Crippen MR) is 58.4 cm³/mol. The van der Waals surface area contributed by atoms with E-state index in [9.17, 15) is 9.50 Å². The van der Waals surface area contributed by atoms with Crippen LogP contribution < -0.4 is 0 Å². The molecule has 2 rings (SSSR count). The van der Waals surface area contributed by atoms with Gasteiger partial charge in [-0.2, -0.15) is 5.10 Å². The van der Waals surface area contributed by atoms with Crippen molar-refractivity contribution in [3.63, 3.8) is 0 Å². The minimum Gasteiger partial charge on any atom is -0.382 e. The van der Waals surface area contributed by atoms with Crippen molar-refractivity contribution in [2.24, 2.45) is 7.05 Å². The molecule has 1 aromatic carbocycles. The van der Waals surface area contributed by atoms with E-state index in [1.807, 2.05) is 13.0 Å². The largest absolute Gasteiger partial charge is 0.382 e. The zero-order valence-corrected chi connectivity index (χ0v) is 9.18. The number of hydrogen-bond acceptors (Lipinski definition) is 2. The molecular weight excluding hydrogens is 207 g/mol. The lowest BCUT2D eigenvalue weighted by atomic mass is 10.1. The number of aliphatic hydroxyl groups excluding tert-OH is 1. The highest BCUT2D eigenvalue weighted by Crippen LogP contribution is 2.22. The summed E-state index contributed by atoms with van der Waals surface area (Å²) in [5.41, 5.74) is 2.20. The Balaban J connectivity index is 2.35. The molecule has 0 saturated heterocycles. The van der Waals surface area contributed by atoms with Crippen LogP contribution in [-0.4, -0.2) is 14.9 Å². The van der Waals surface area contributed by atoms with E-state index >= 15 is 0 Å². The average Bonchev–Trinajstić information content (AvgIpc) is 2.58. The first-order valence-electron chi connectivity index (χ1n) is 5.02. The van der Waals surface area contributed by atoms with Crippen molar-refractivity contribution in [1.29, 1.82) is 0 Å². The molecule has 0 fully saturated rings. The highest BCUT2D eigenvalue weighted by molar-refractivity contribution is 5.27. The van der Waals surface area contributed by atoms with Crippen LogP contribution in [0.5, 0.6) is 0 Å². The molecule has 16 heavy (non-hydrogen) atoms. The molecule has 1 unspecified atom stereocenters. The van der Waals surface area contributed by atoms with E-state index in [2.05, 4.69) is 5.10 Å². The Morgan fingerprint density at radius 3 is 2.44 bits per heavy atom. The lowest BCUT2D eigenvalue weighted by molar-refractivity contribution is 0.209. The predicted octanol–water partition coefficient (Wildman–Crippen LogP) is 1.95. The van der Waals surface area contributed by atoms with Crippen LogP contribution in [0.2, 0.25) is 0 Å². The SMILES string of the molecule is Cc1cc(C(O)c2ccc(F)cc2)n(C)n1. The van der Waals surface area contributed by atoms with Crippen molar-refractivity contribution in [2.45, 2.75) is 13.0 Å². The van der Waals surface area contributed by atoms with Crippen molar-refractivity contribution >= 4 is 0 Å². The molecule has 4 heteroatoms. The second-order valence-electron chi connectivity index (χ2n) is 3.79. The molecule has 0 aliphatic carbocycles. The Labute approximate surface area is 93.2 Å². The van der Waals surface area contributed by atoms with Gasteiger partial charge in [0.15, 0.2) is 0 Å². The summed E-state index contributed by atoms with van der Waals surface area (Å²) in [6.07, 6.45) is -0.771. The monoisotopic (exact) mass is 220 g/mol. The van der Waals surface area contributed by atoms with Gasteiger partial charge in [0.1, 0.15) is 11.9 Å². The fraction of sp³-hybridized carbons (Fsp3) is 0.250. The minimum absolute atomic E-state index is 0.308. The first-order valence-corrected chi connectivity index (χ1v) is 5.02. The summed E-state index contributed by atoms with van der Waals surface area (Å²) in [4.78, 5) is 0. The molecule has 0 spiro atoms. The minimum atomic E-state index is -0.771. The number of aliphatic hydroxyl groups is 1. The fourth-order valence-electron chi connectivity index (χ4n) is 1.70. The van der Waals surface area contributed by atoms with Gasteiger partial charge in [0.05, 0.1) is 11.4 Å². The standard InChI is InChI=1S/C12H13FN2O/c1-8-7-11(15(2)14-8)12(16)9-3-5-10(13)6-4-9/h3-7,12,16H,1-2H3. The number of aromatic nitrogens is 2. The first-order chi connectivity index (χ1) is 7.58. The van der Waals surface area contributed by atoms with Crippen LogP contribution in [0.3, 0.4) is 0 Å². The second kappa shape index (κ2) is 4.06. The molecule has 1 atom stereocenters. The number of hydrogen-bond donors (Lipinski definition) is 1. The Hall–Kier alpha value is -1.68. The van der Waals surface area contributed by atoms with Gasteiger partial charge in [0.25, 0.3) is 0 Å². The molecule has 1 N–H and O–H groups in total. The highest BCUT2D eigenvalue weighted by Gasteiger charge is 2.14. The summed E-state index contributed by atoms with van der Waals surface area (Å²) < 4.78 is 14.4. The van der Waals surface area contributed by atoms with Crippen molar-refractivity contribution in [1.82, 2.24) is 9.78 Å². The third-order valence-corrected chi connectivity index (χ3v) is 2.50. The maximum Gasteiger partial charge on any atom is 0.123 e. The highest BCUT2D eigenvalue weighted by atomic mass is 19.1. The first kappa shape index (κ1) is 10.8. The topological polar surface area (TPSA) is 38.0 Å². The molecular formula is C12H13FN2O. The summed E-state index contributed by atoms with van der Waals surface area (Å²) >= 11 is 0. The molecule has 1 aromatic heterocycles. The average molecular weight is 220 g/mol. The molecule has 0 aliphatic heterocycles. The van der Waals surface area contributed by atoms with Gasteiger partial charge in [-0.3, -0.25) is 4.68 Å².